The quantitative estimate of drug-likeness (QED) is 0.811. The lowest BCUT2D eigenvalue weighted by atomic mass is 9.94. The highest BCUT2D eigenvalue weighted by Gasteiger charge is 2.34. The molecule has 0 unspecified atom stereocenters. The van der Waals surface area contributed by atoms with Crippen LogP contribution in [-0.2, 0) is 9.59 Å². The van der Waals surface area contributed by atoms with Gasteiger partial charge in [-0.05, 0) is 57.2 Å². The maximum Gasteiger partial charge on any atom is 0.244 e. The lowest BCUT2D eigenvalue weighted by molar-refractivity contribution is -0.139. The Morgan fingerprint density at radius 1 is 1.24 bits per heavy atom. The highest BCUT2D eigenvalue weighted by molar-refractivity contribution is 5.96. The molecule has 1 aromatic rings. The van der Waals surface area contributed by atoms with E-state index in [1.54, 1.807) is 4.90 Å². The summed E-state index contributed by atoms with van der Waals surface area (Å²) < 4.78 is 0. The number of nitrogens with one attached hydrogen (secondary N) is 1. The molecule has 2 atom stereocenters. The molecule has 3 N–H and O–H groups in total. The fourth-order valence-electron chi connectivity index (χ4n) is 3.59. The summed E-state index contributed by atoms with van der Waals surface area (Å²) in [5, 5.41) is 2.96. The first-order chi connectivity index (χ1) is 11.5. The third-order valence-corrected chi connectivity index (χ3v) is 5.05. The van der Waals surface area contributed by atoms with Gasteiger partial charge in [-0.15, -0.1) is 12.4 Å². The molecule has 140 valence electrons. The second kappa shape index (κ2) is 9.78. The van der Waals surface area contributed by atoms with Crippen LogP contribution in [0.2, 0.25) is 0 Å². The Morgan fingerprint density at radius 2 is 1.88 bits per heavy atom. The molecular formula is C19H30ClN3O2. The molecule has 0 saturated heterocycles. The van der Waals surface area contributed by atoms with Crippen molar-refractivity contribution in [2.24, 2.45) is 17.6 Å². The summed E-state index contributed by atoms with van der Waals surface area (Å²) in [5.74, 6) is 0.156. The molecule has 0 aromatic heterocycles. The van der Waals surface area contributed by atoms with Gasteiger partial charge in [-0.2, -0.15) is 0 Å². The molecule has 0 heterocycles. The van der Waals surface area contributed by atoms with E-state index in [0.29, 0.717) is 13.1 Å². The molecule has 1 fully saturated rings. The number of para-hydroxylation sites is 1. The normalized spacial score (nSPS) is 19.2. The van der Waals surface area contributed by atoms with E-state index in [-0.39, 0.29) is 42.6 Å². The molecule has 6 heteroatoms. The average Bonchev–Trinajstić information content (AvgIpc) is 3.04. The van der Waals surface area contributed by atoms with Crippen LogP contribution < -0.4 is 11.1 Å². The molecule has 25 heavy (non-hydrogen) atoms. The van der Waals surface area contributed by atoms with Crippen LogP contribution in [0.1, 0.15) is 37.3 Å². The highest BCUT2D eigenvalue weighted by atomic mass is 35.5. The number of likely N-dealkylation sites (N-methyl/N-ethyl adjacent to an activating group) is 1. The van der Waals surface area contributed by atoms with Crippen molar-refractivity contribution in [1.82, 2.24) is 4.90 Å². The number of carbonyl (C=O) groups is 2. The number of hydrogen-bond donors (Lipinski definition) is 2. The summed E-state index contributed by atoms with van der Waals surface area (Å²) in [6, 6.07) is 5.90. The van der Waals surface area contributed by atoms with Gasteiger partial charge in [-0.1, -0.05) is 24.6 Å². The van der Waals surface area contributed by atoms with Crippen LogP contribution in [-0.4, -0.2) is 36.3 Å². The SMILES string of the molecule is CCN(CC(=O)Nc1c(C)cccc1C)C(=O)[C@@H]1CCC[C@@H]1CN.Cl. The summed E-state index contributed by atoms with van der Waals surface area (Å²) in [5.41, 5.74) is 8.68. The van der Waals surface area contributed by atoms with E-state index in [0.717, 1.165) is 36.1 Å². The Bertz CT molecular complexity index is 586. The third kappa shape index (κ3) is 5.19. The largest absolute Gasteiger partial charge is 0.333 e. The highest BCUT2D eigenvalue weighted by Crippen LogP contribution is 2.32. The van der Waals surface area contributed by atoms with E-state index in [4.69, 9.17) is 5.73 Å². The monoisotopic (exact) mass is 367 g/mol. The van der Waals surface area contributed by atoms with Crippen molar-refractivity contribution < 1.29 is 9.59 Å². The molecule has 1 aliphatic rings. The molecule has 5 nitrogen and oxygen atoms in total. The van der Waals surface area contributed by atoms with Gasteiger partial charge in [0.05, 0.1) is 6.54 Å². The molecule has 0 aliphatic heterocycles. The summed E-state index contributed by atoms with van der Waals surface area (Å²) in [4.78, 5) is 26.8. The first kappa shape index (κ1) is 21.5. The van der Waals surface area contributed by atoms with Gasteiger partial charge in [0, 0.05) is 18.2 Å². The summed E-state index contributed by atoms with van der Waals surface area (Å²) in [6.07, 6.45) is 2.94. The van der Waals surface area contributed by atoms with Crippen molar-refractivity contribution in [1.29, 1.82) is 0 Å². The number of nitrogens with zero attached hydrogens (tertiary/aromatic N) is 1. The van der Waals surface area contributed by atoms with Crippen LogP contribution in [0.3, 0.4) is 0 Å². The molecule has 1 saturated carbocycles. The van der Waals surface area contributed by atoms with Gasteiger partial charge in [0.1, 0.15) is 0 Å². The van der Waals surface area contributed by atoms with Gasteiger partial charge in [-0.25, -0.2) is 0 Å². The lowest BCUT2D eigenvalue weighted by Gasteiger charge is -2.26. The van der Waals surface area contributed by atoms with E-state index in [1.165, 1.54) is 0 Å². The maximum atomic E-state index is 12.8. The Labute approximate surface area is 156 Å². The fourth-order valence-corrected chi connectivity index (χ4v) is 3.59. The van der Waals surface area contributed by atoms with Crippen LogP contribution >= 0.6 is 12.4 Å². The Morgan fingerprint density at radius 3 is 2.44 bits per heavy atom. The maximum absolute atomic E-state index is 12.8. The van der Waals surface area contributed by atoms with E-state index >= 15 is 0 Å². The molecule has 1 aliphatic carbocycles. The van der Waals surface area contributed by atoms with Crippen molar-refractivity contribution in [3.8, 4) is 0 Å². The van der Waals surface area contributed by atoms with Crippen LogP contribution in [0.4, 0.5) is 5.69 Å². The van der Waals surface area contributed by atoms with Gasteiger partial charge >= 0.3 is 0 Å². The summed E-state index contributed by atoms with van der Waals surface area (Å²) >= 11 is 0. The van der Waals surface area contributed by atoms with Gasteiger partial charge in [0.2, 0.25) is 11.8 Å². The Kier molecular flexibility index (Phi) is 8.39. The van der Waals surface area contributed by atoms with E-state index < -0.39 is 0 Å². The smallest absolute Gasteiger partial charge is 0.244 e. The number of nitrogens with two attached hydrogens (primary N) is 1. The third-order valence-electron chi connectivity index (χ3n) is 5.05. The van der Waals surface area contributed by atoms with Gasteiger partial charge in [0.15, 0.2) is 0 Å². The number of aryl methyl sites for hydroxylation is 2. The van der Waals surface area contributed by atoms with Crippen molar-refractivity contribution in [3.63, 3.8) is 0 Å². The van der Waals surface area contributed by atoms with Crippen molar-refractivity contribution in [2.75, 3.05) is 25.0 Å². The molecular weight excluding hydrogens is 338 g/mol. The minimum Gasteiger partial charge on any atom is -0.333 e. The molecule has 1 aromatic carbocycles. The van der Waals surface area contributed by atoms with Gasteiger partial charge in [-0.3, -0.25) is 9.59 Å². The van der Waals surface area contributed by atoms with Crippen molar-refractivity contribution >= 4 is 29.9 Å². The summed E-state index contributed by atoms with van der Waals surface area (Å²) in [7, 11) is 0. The number of amides is 2. The topological polar surface area (TPSA) is 75.4 Å². The van der Waals surface area contributed by atoms with Crippen LogP contribution in [0.15, 0.2) is 18.2 Å². The Balaban J connectivity index is 0.00000312. The first-order valence-electron chi connectivity index (χ1n) is 8.82. The minimum absolute atomic E-state index is 0. The zero-order valence-electron chi connectivity index (χ0n) is 15.4. The molecule has 0 radical (unpaired) electrons. The second-order valence-electron chi connectivity index (χ2n) is 6.70. The number of carbonyl (C=O) groups excluding carboxylic acids is 2. The van der Waals surface area contributed by atoms with E-state index in [2.05, 4.69) is 5.32 Å². The standard InChI is InChI=1S/C19H29N3O2.ClH/c1-4-22(19(24)16-10-6-9-15(16)11-20)12-17(23)21-18-13(2)7-5-8-14(18)3;/h5,7-8,15-16H,4,6,9-12,20H2,1-3H3,(H,21,23);1H/t15-,16-;/m1./s1. The first-order valence-corrected chi connectivity index (χ1v) is 8.82. The zero-order valence-corrected chi connectivity index (χ0v) is 16.2. The molecule has 0 bridgehead atoms. The Hall–Kier alpha value is -1.59. The summed E-state index contributed by atoms with van der Waals surface area (Å²) in [6.45, 7) is 7.02. The molecule has 2 rings (SSSR count). The van der Waals surface area contributed by atoms with Crippen LogP contribution in [0.25, 0.3) is 0 Å². The number of anilines is 1. The van der Waals surface area contributed by atoms with E-state index in [1.807, 2.05) is 39.0 Å². The molecule has 2 amide bonds. The van der Waals surface area contributed by atoms with Crippen LogP contribution in [0, 0.1) is 25.7 Å². The number of halogens is 1. The number of hydrogen-bond acceptors (Lipinski definition) is 3. The predicted molar refractivity (Wildman–Crippen MR) is 104 cm³/mol. The van der Waals surface area contributed by atoms with Gasteiger partial charge < -0.3 is 16.0 Å². The zero-order chi connectivity index (χ0) is 17.7. The van der Waals surface area contributed by atoms with Crippen molar-refractivity contribution in [3.05, 3.63) is 29.3 Å². The second-order valence-corrected chi connectivity index (χ2v) is 6.70. The van der Waals surface area contributed by atoms with E-state index in [9.17, 15) is 9.59 Å². The molecule has 0 spiro atoms. The van der Waals surface area contributed by atoms with Crippen molar-refractivity contribution in [2.45, 2.75) is 40.0 Å². The van der Waals surface area contributed by atoms with Crippen LogP contribution in [0.5, 0.6) is 0 Å². The average molecular weight is 368 g/mol. The van der Waals surface area contributed by atoms with Gasteiger partial charge in [0.25, 0.3) is 0 Å². The predicted octanol–water partition coefficient (Wildman–Crippen LogP) is 2.89. The lowest BCUT2D eigenvalue weighted by Crippen LogP contribution is -2.43. The number of rotatable bonds is 6. The fraction of sp³-hybridized carbons (Fsp3) is 0.579. The number of benzene rings is 1. The minimum atomic E-state index is -0.148.